The maximum Gasteiger partial charge on any atom is 0.131 e. The molecule has 17 heavy (non-hydrogen) atoms. The van der Waals surface area contributed by atoms with Crippen molar-refractivity contribution in [3.63, 3.8) is 0 Å². The van der Waals surface area contributed by atoms with Crippen molar-refractivity contribution in [2.75, 3.05) is 0 Å². The van der Waals surface area contributed by atoms with Crippen molar-refractivity contribution >= 4 is 39.1 Å². The molecule has 0 aliphatic rings. The van der Waals surface area contributed by atoms with Crippen LogP contribution in [0.5, 0.6) is 0 Å². The fraction of sp³-hybridized carbons (Fsp3) is 0.0769. The Morgan fingerprint density at radius 1 is 1.00 bits per heavy atom. The first-order chi connectivity index (χ1) is 8.11. The van der Waals surface area contributed by atoms with Crippen LogP contribution in [-0.4, -0.2) is 0 Å². The van der Waals surface area contributed by atoms with Crippen molar-refractivity contribution in [3.05, 3.63) is 57.8 Å². The Balaban J connectivity index is 2.53. The van der Waals surface area contributed by atoms with E-state index in [1.165, 1.54) is 6.07 Å². The standard InChI is InChI=1S/C13H8BrCl2F/c14-7-8-1-3-11(13(17)5-8)10-4-2-9(15)6-12(10)16/h1-6H,7H2. The highest BCUT2D eigenvalue weighted by atomic mass is 79.9. The average molecular weight is 334 g/mol. The van der Waals surface area contributed by atoms with E-state index in [0.29, 0.717) is 26.5 Å². The fourth-order valence-corrected chi connectivity index (χ4v) is 2.43. The maximum atomic E-state index is 13.9. The summed E-state index contributed by atoms with van der Waals surface area (Å²) in [6.45, 7) is 0. The minimum Gasteiger partial charge on any atom is -0.206 e. The second kappa shape index (κ2) is 5.38. The highest BCUT2D eigenvalue weighted by Gasteiger charge is 2.09. The van der Waals surface area contributed by atoms with Gasteiger partial charge in [0.15, 0.2) is 0 Å². The average Bonchev–Trinajstić information content (AvgIpc) is 2.30. The second-order valence-electron chi connectivity index (χ2n) is 3.57. The Kier molecular flexibility index (Phi) is 4.08. The second-order valence-corrected chi connectivity index (χ2v) is 4.98. The first kappa shape index (κ1) is 12.9. The molecule has 0 saturated carbocycles. The van der Waals surface area contributed by atoms with Gasteiger partial charge >= 0.3 is 0 Å². The molecule has 0 N–H and O–H groups in total. The quantitative estimate of drug-likeness (QED) is 0.619. The highest BCUT2D eigenvalue weighted by molar-refractivity contribution is 9.08. The lowest BCUT2D eigenvalue weighted by Gasteiger charge is -2.07. The molecule has 0 nitrogen and oxygen atoms in total. The predicted octanol–water partition coefficient (Wildman–Crippen LogP) is 5.69. The minimum absolute atomic E-state index is 0.286. The van der Waals surface area contributed by atoms with Crippen LogP contribution in [0.25, 0.3) is 11.1 Å². The molecule has 0 saturated heterocycles. The van der Waals surface area contributed by atoms with Crippen molar-refractivity contribution in [1.82, 2.24) is 0 Å². The van der Waals surface area contributed by atoms with Gasteiger partial charge in [-0.2, -0.15) is 0 Å². The number of benzene rings is 2. The molecule has 0 fully saturated rings. The van der Waals surface area contributed by atoms with Gasteiger partial charge in [-0.15, -0.1) is 0 Å². The van der Waals surface area contributed by atoms with E-state index < -0.39 is 0 Å². The number of hydrogen-bond acceptors (Lipinski definition) is 0. The van der Waals surface area contributed by atoms with Gasteiger partial charge in [-0.25, -0.2) is 4.39 Å². The van der Waals surface area contributed by atoms with Crippen LogP contribution in [-0.2, 0) is 5.33 Å². The summed E-state index contributed by atoms with van der Waals surface area (Å²) in [5.74, 6) is -0.286. The van der Waals surface area contributed by atoms with Gasteiger partial charge in [0.1, 0.15) is 5.82 Å². The van der Waals surface area contributed by atoms with Crippen molar-refractivity contribution in [2.45, 2.75) is 5.33 Å². The zero-order valence-electron chi connectivity index (χ0n) is 8.68. The molecular formula is C13H8BrCl2F. The summed E-state index contributed by atoms with van der Waals surface area (Å²) in [4.78, 5) is 0. The molecule has 0 aliphatic heterocycles. The van der Waals surface area contributed by atoms with Crippen molar-refractivity contribution in [1.29, 1.82) is 0 Å². The molecule has 88 valence electrons. The summed E-state index contributed by atoms with van der Waals surface area (Å²) in [5, 5.41) is 1.61. The van der Waals surface area contributed by atoms with E-state index in [9.17, 15) is 4.39 Å². The van der Waals surface area contributed by atoms with Crippen LogP contribution in [0.15, 0.2) is 36.4 Å². The summed E-state index contributed by atoms with van der Waals surface area (Å²) < 4.78 is 13.9. The van der Waals surface area contributed by atoms with Crippen molar-refractivity contribution in [2.24, 2.45) is 0 Å². The van der Waals surface area contributed by atoms with E-state index >= 15 is 0 Å². The molecule has 4 heteroatoms. The molecule has 0 bridgehead atoms. The molecule has 0 aliphatic carbocycles. The minimum atomic E-state index is -0.286. The Morgan fingerprint density at radius 3 is 2.29 bits per heavy atom. The van der Waals surface area contributed by atoms with Crippen LogP contribution < -0.4 is 0 Å². The van der Waals surface area contributed by atoms with Gasteiger partial charge in [0.05, 0.1) is 0 Å². The first-order valence-corrected chi connectivity index (χ1v) is 6.79. The Morgan fingerprint density at radius 2 is 1.71 bits per heavy atom. The van der Waals surface area contributed by atoms with Crippen molar-refractivity contribution < 1.29 is 4.39 Å². The molecule has 0 atom stereocenters. The molecular weight excluding hydrogens is 326 g/mol. The maximum absolute atomic E-state index is 13.9. The number of rotatable bonds is 2. The van der Waals surface area contributed by atoms with Gasteiger partial charge in [0.2, 0.25) is 0 Å². The smallest absolute Gasteiger partial charge is 0.131 e. The first-order valence-electron chi connectivity index (χ1n) is 4.91. The van der Waals surface area contributed by atoms with Crippen molar-refractivity contribution in [3.8, 4) is 11.1 Å². The van der Waals surface area contributed by atoms with Gasteiger partial charge in [0, 0.05) is 26.5 Å². The topological polar surface area (TPSA) is 0 Å². The predicted molar refractivity (Wildman–Crippen MR) is 74.5 cm³/mol. The SMILES string of the molecule is Fc1cc(CBr)ccc1-c1ccc(Cl)cc1Cl. The molecule has 0 spiro atoms. The summed E-state index contributed by atoms with van der Waals surface area (Å²) in [7, 11) is 0. The molecule has 2 rings (SSSR count). The molecule has 0 radical (unpaired) electrons. The zero-order valence-corrected chi connectivity index (χ0v) is 11.8. The van der Waals surface area contributed by atoms with Gasteiger partial charge in [-0.05, 0) is 23.8 Å². The molecule has 2 aromatic carbocycles. The Labute approximate surface area is 117 Å². The molecule has 2 aromatic rings. The third kappa shape index (κ3) is 2.82. The van der Waals surface area contributed by atoms with Gasteiger partial charge in [-0.3, -0.25) is 0 Å². The van der Waals surface area contributed by atoms with Crippen LogP contribution in [0, 0.1) is 5.82 Å². The van der Waals surface area contributed by atoms with Crippen LogP contribution >= 0.6 is 39.1 Å². The zero-order chi connectivity index (χ0) is 12.4. The molecule has 0 amide bonds. The largest absolute Gasteiger partial charge is 0.206 e. The summed E-state index contributed by atoms with van der Waals surface area (Å²) in [5.41, 5.74) is 2.02. The summed E-state index contributed by atoms with van der Waals surface area (Å²) >= 11 is 15.1. The van der Waals surface area contributed by atoms with Crippen LogP contribution in [0.3, 0.4) is 0 Å². The Hall–Kier alpha value is -0.570. The van der Waals surface area contributed by atoms with Gasteiger partial charge < -0.3 is 0 Å². The lowest BCUT2D eigenvalue weighted by Crippen LogP contribution is -1.88. The number of alkyl halides is 1. The lowest BCUT2D eigenvalue weighted by molar-refractivity contribution is 0.630. The van der Waals surface area contributed by atoms with E-state index in [2.05, 4.69) is 15.9 Å². The van der Waals surface area contributed by atoms with E-state index in [4.69, 9.17) is 23.2 Å². The monoisotopic (exact) mass is 332 g/mol. The lowest BCUT2D eigenvalue weighted by atomic mass is 10.0. The van der Waals surface area contributed by atoms with Crippen LogP contribution in [0.4, 0.5) is 4.39 Å². The molecule has 0 unspecified atom stereocenters. The van der Waals surface area contributed by atoms with Gasteiger partial charge in [-0.1, -0.05) is 57.3 Å². The molecule has 0 aromatic heterocycles. The normalized spacial score (nSPS) is 10.6. The number of halogens is 4. The Bertz CT molecular complexity index is 555. The third-order valence-corrected chi connectivity index (χ3v) is 3.60. The third-order valence-electron chi connectivity index (χ3n) is 2.41. The van der Waals surface area contributed by atoms with Crippen LogP contribution in [0.2, 0.25) is 10.0 Å². The van der Waals surface area contributed by atoms with E-state index in [-0.39, 0.29) is 5.82 Å². The summed E-state index contributed by atoms with van der Waals surface area (Å²) in [6.07, 6.45) is 0. The fourth-order valence-electron chi connectivity index (χ4n) is 1.57. The highest BCUT2D eigenvalue weighted by Crippen LogP contribution is 2.32. The number of hydrogen-bond donors (Lipinski definition) is 0. The van der Waals surface area contributed by atoms with Gasteiger partial charge in [0.25, 0.3) is 0 Å². The summed E-state index contributed by atoms with van der Waals surface area (Å²) in [6, 6.07) is 10.1. The van der Waals surface area contributed by atoms with E-state index in [1.807, 2.05) is 6.07 Å². The van der Waals surface area contributed by atoms with E-state index in [1.54, 1.807) is 24.3 Å². The van der Waals surface area contributed by atoms with Crippen LogP contribution in [0.1, 0.15) is 5.56 Å². The van der Waals surface area contributed by atoms with E-state index in [0.717, 1.165) is 5.56 Å². The molecule has 0 heterocycles.